The molecule has 1 heterocycles. The Bertz CT molecular complexity index is 998. The average Bonchev–Trinajstić information content (AvgIpc) is 2.66. The lowest BCUT2D eigenvalue weighted by molar-refractivity contribution is -0.325. The van der Waals surface area contributed by atoms with Crippen molar-refractivity contribution in [3.8, 4) is 5.75 Å². The summed E-state index contributed by atoms with van der Waals surface area (Å²) in [7, 11) is 0. The van der Waals surface area contributed by atoms with Crippen LogP contribution in [0.25, 0.3) is 10.9 Å². The molecule has 29 heavy (non-hydrogen) atoms. The number of hydrogen-bond donors (Lipinski definition) is 1. The number of fused-ring (bicyclic) bond motifs is 1. The van der Waals surface area contributed by atoms with Crippen LogP contribution in [0.3, 0.4) is 0 Å². The number of anilines is 2. The van der Waals surface area contributed by atoms with Gasteiger partial charge in [-0.1, -0.05) is 23.7 Å². The van der Waals surface area contributed by atoms with Crippen molar-refractivity contribution in [2.75, 3.05) is 18.5 Å². The fourth-order valence-corrected chi connectivity index (χ4v) is 2.78. The van der Waals surface area contributed by atoms with Crippen molar-refractivity contribution in [1.82, 2.24) is 4.98 Å². The van der Waals surface area contributed by atoms with E-state index in [-0.39, 0.29) is 22.9 Å². The van der Waals surface area contributed by atoms with Gasteiger partial charge in [0, 0.05) is 28.9 Å². The second-order valence-electron chi connectivity index (χ2n) is 5.85. The van der Waals surface area contributed by atoms with Crippen molar-refractivity contribution in [2.24, 2.45) is 0 Å². The van der Waals surface area contributed by atoms with Crippen molar-refractivity contribution < 1.29 is 31.4 Å². The van der Waals surface area contributed by atoms with E-state index in [2.05, 4.69) is 15.0 Å². The molecule has 3 rings (SSSR count). The summed E-state index contributed by atoms with van der Waals surface area (Å²) in [4.78, 5) is 4.10. The summed E-state index contributed by atoms with van der Waals surface area (Å²) in [6, 6.07) is 10.4. The summed E-state index contributed by atoms with van der Waals surface area (Å²) in [5, 5.41) is 3.97. The van der Waals surface area contributed by atoms with E-state index in [1.54, 1.807) is 12.1 Å². The molecule has 1 aromatic heterocycles. The first kappa shape index (κ1) is 21.1. The van der Waals surface area contributed by atoms with Gasteiger partial charge in [0.2, 0.25) is 0 Å². The smallest absolute Gasteiger partial charge is 0.491 e. The van der Waals surface area contributed by atoms with Crippen molar-refractivity contribution >= 4 is 33.9 Å². The van der Waals surface area contributed by atoms with E-state index in [0.29, 0.717) is 22.3 Å². The van der Waals surface area contributed by atoms with Gasteiger partial charge in [-0.3, -0.25) is 9.72 Å². The van der Waals surface area contributed by atoms with Gasteiger partial charge < -0.3 is 10.1 Å². The van der Waals surface area contributed by atoms with Gasteiger partial charge in [-0.05, 0) is 24.3 Å². The largest absolute Gasteiger partial charge is 0.522 e. The SMILES string of the molecule is FC(F)c1ccc2c(Nc3ccc(OCCOC(F)(F)F)cc3Cl)ccnc2c1. The van der Waals surface area contributed by atoms with Crippen LogP contribution in [0, 0.1) is 0 Å². The molecular formula is C19H14ClF5N2O2. The first-order valence-corrected chi connectivity index (χ1v) is 8.67. The van der Waals surface area contributed by atoms with Crippen LogP contribution < -0.4 is 10.1 Å². The van der Waals surface area contributed by atoms with E-state index in [1.807, 2.05) is 0 Å². The number of nitrogens with zero attached hydrogens (tertiary/aromatic N) is 1. The molecule has 0 fully saturated rings. The second kappa shape index (κ2) is 8.79. The third-order valence-electron chi connectivity index (χ3n) is 3.85. The van der Waals surface area contributed by atoms with E-state index in [1.165, 1.54) is 36.5 Å². The Morgan fingerprint density at radius 3 is 2.48 bits per heavy atom. The standard InChI is InChI=1S/C19H14ClF5N2O2/c20-14-10-12(28-7-8-29-19(23,24)25)2-4-16(14)27-15-5-6-26-17-9-11(18(21)22)1-3-13(15)17/h1-6,9-10,18H,7-8H2,(H,26,27). The lowest BCUT2D eigenvalue weighted by atomic mass is 10.1. The Morgan fingerprint density at radius 1 is 1.00 bits per heavy atom. The zero-order chi connectivity index (χ0) is 21.0. The molecule has 0 bridgehead atoms. The minimum atomic E-state index is -4.71. The monoisotopic (exact) mass is 432 g/mol. The van der Waals surface area contributed by atoms with Crippen molar-refractivity contribution in [1.29, 1.82) is 0 Å². The van der Waals surface area contributed by atoms with Gasteiger partial charge in [0.15, 0.2) is 0 Å². The number of halogens is 6. The summed E-state index contributed by atoms with van der Waals surface area (Å²) in [5.74, 6) is 0.271. The number of alkyl halides is 5. The van der Waals surface area contributed by atoms with Crippen LogP contribution in [0.1, 0.15) is 12.0 Å². The molecule has 0 radical (unpaired) electrons. The first-order valence-electron chi connectivity index (χ1n) is 8.30. The molecule has 0 aliphatic carbocycles. The van der Waals surface area contributed by atoms with Crippen LogP contribution in [0.15, 0.2) is 48.7 Å². The van der Waals surface area contributed by atoms with Gasteiger partial charge >= 0.3 is 6.36 Å². The molecule has 3 aromatic rings. The van der Waals surface area contributed by atoms with E-state index in [9.17, 15) is 22.0 Å². The molecule has 0 aliphatic rings. The second-order valence-corrected chi connectivity index (χ2v) is 6.25. The topological polar surface area (TPSA) is 43.4 Å². The predicted octanol–water partition coefficient (Wildman–Crippen LogP) is 6.48. The average molecular weight is 433 g/mol. The Morgan fingerprint density at radius 2 is 1.79 bits per heavy atom. The Hall–Kier alpha value is -2.65. The molecule has 0 unspecified atom stereocenters. The number of pyridine rings is 1. The normalized spacial score (nSPS) is 11.8. The zero-order valence-electron chi connectivity index (χ0n) is 14.6. The highest BCUT2D eigenvalue weighted by Gasteiger charge is 2.28. The third kappa shape index (κ3) is 5.68. The summed E-state index contributed by atoms with van der Waals surface area (Å²) < 4.78 is 70.3. The minimum absolute atomic E-state index is 0.129. The van der Waals surface area contributed by atoms with E-state index in [4.69, 9.17) is 16.3 Å². The summed E-state index contributed by atoms with van der Waals surface area (Å²) >= 11 is 6.21. The van der Waals surface area contributed by atoms with Gasteiger partial charge in [-0.15, -0.1) is 13.2 Å². The van der Waals surface area contributed by atoms with Gasteiger partial charge in [0.25, 0.3) is 6.43 Å². The van der Waals surface area contributed by atoms with Crippen LogP contribution in [-0.4, -0.2) is 24.6 Å². The highest BCUT2D eigenvalue weighted by Crippen LogP contribution is 2.33. The fourth-order valence-electron chi connectivity index (χ4n) is 2.56. The molecule has 154 valence electrons. The van der Waals surface area contributed by atoms with Crippen LogP contribution in [-0.2, 0) is 4.74 Å². The lowest BCUT2D eigenvalue weighted by Gasteiger charge is -2.13. The van der Waals surface area contributed by atoms with Crippen LogP contribution >= 0.6 is 11.6 Å². The first-order chi connectivity index (χ1) is 13.7. The van der Waals surface area contributed by atoms with Gasteiger partial charge in [-0.2, -0.15) is 0 Å². The number of benzene rings is 2. The van der Waals surface area contributed by atoms with Gasteiger partial charge in [0.05, 0.1) is 22.8 Å². The number of nitrogens with one attached hydrogen (secondary N) is 1. The molecular weight excluding hydrogens is 419 g/mol. The van der Waals surface area contributed by atoms with Gasteiger partial charge in [-0.25, -0.2) is 8.78 Å². The Kier molecular flexibility index (Phi) is 6.39. The number of rotatable bonds is 7. The van der Waals surface area contributed by atoms with E-state index in [0.717, 1.165) is 0 Å². The van der Waals surface area contributed by atoms with Gasteiger partial charge in [0.1, 0.15) is 12.4 Å². The number of hydrogen-bond acceptors (Lipinski definition) is 4. The van der Waals surface area contributed by atoms with Crippen LogP contribution in [0.4, 0.5) is 33.3 Å². The van der Waals surface area contributed by atoms with Crippen molar-refractivity contribution in [3.05, 3.63) is 59.2 Å². The molecule has 2 aromatic carbocycles. The molecule has 0 spiro atoms. The Balaban J connectivity index is 1.72. The molecule has 0 saturated carbocycles. The maximum absolute atomic E-state index is 12.9. The molecule has 0 aliphatic heterocycles. The fraction of sp³-hybridized carbons (Fsp3) is 0.211. The number of ether oxygens (including phenoxy) is 2. The lowest BCUT2D eigenvalue weighted by Crippen LogP contribution is -2.18. The highest BCUT2D eigenvalue weighted by atomic mass is 35.5. The van der Waals surface area contributed by atoms with Crippen molar-refractivity contribution in [3.63, 3.8) is 0 Å². The summed E-state index contributed by atoms with van der Waals surface area (Å²) in [5.41, 5.74) is 1.37. The molecule has 0 amide bonds. The van der Waals surface area contributed by atoms with E-state index < -0.39 is 19.4 Å². The van der Waals surface area contributed by atoms with Crippen LogP contribution in [0.5, 0.6) is 5.75 Å². The Labute approximate surface area is 167 Å². The molecule has 10 heteroatoms. The van der Waals surface area contributed by atoms with Crippen LogP contribution in [0.2, 0.25) is 5.02 Å². The van der Waals surface area contributed by atoms with Crippen molar-refractivity contribution in [2.45, 2.75) is 12.8 Å². The quantitative estimate of drug-likeness (QED) is 0.342. The summed E-state index contributed by atoms with van der Waals surface area (Å²) in [6.45, 7) is -0.950. The maximum atomic E-state index is 12.9. The zero-order valence-corrected chi connectivity index (χ0v) is 15.4. The molecule has 1 N–H and O–H groups in total. The third-order valence-corrected chi connectivity index (χ3v) is 4.16. The number of aromatic nitrogens is 1. The molecule has 0 atom stereocenters. The van der Waals surface area contributed by atoms with E-state index >= 15 is 0 Å². The molecule has 0 saturated heterocycles. The minimum Gasteiger partial charge on any atom is -0.491 e. The summed E-state index contributed by atoms with van der Waals surface area (Å²) in [6.07, 6.45) is -5.83. The molecule has 4 nitrogen and oxygen atoms in total. The maximum Gasteiger partial charge on any atom is 0.522 e. The predicted molar refractivity (Wildman–Crippen MR) is 98.9 cm³/mol. The highest BCUT2D eigenvalue weighted by molar-refractivity contribution is 6.33.